The van der Waals surface area contributed by atoms with Gasteiger partial charge in [0.05, 0.1) is 4.90 Å². The molecule has 1 aliphatic heterocycles. The SMILES string of the molecule is Cl.O=S(=O)(NC1CCNC1)c1ccccc1Br. The maximum absolute atomic E-state index is 12.0. The third-order valence-electron chi connectivity index (χ3n) is 2.51. The largest absolute Gasteiger partial charge is 0.315 e. The first-order valence-electron chi connectivity index (χ1n) is 5.07. The molecule has 7 heteroatoms. The Morgan fingerprint density at radius 1 is 1.35 bits per heavy atom. The summed E-state index contributed by atoms with van der Waals surface area (Å²) in [5.74, 6) is 0. The van der Waals surface area contributed by atoms with Crippen LogP contribution in [0.25, 0.3) is 0 Å². The van der Waals surface area contributed by atoms with Crippen LogP contribution in [0, 0.1) is 0 Å². The van der Waals surface area contributed by atoms with Crippen LogP contribution in [0.15, 0.2) is 33.6 Å². The van der Waals surface area contributed by atoms with Gasteiger partial charge in [-0.15, -0.1) is 12.4 Å². The number of benzene rings is 1. The third-order valence-corrected chi connectivity index (χ3v) is 5.04. The molecule has 1 saturated heterocycles. The Morgan fingerprint density at radius 2 is 2.06 bits per heavy atom. The summed E-state index contributed by atoms with van der Waals surface area (Å²) in [5.41, 5.74) is 0. The lowest BCUT2D eigenvalue weighted by atomic mass is 10.3. The number of sulfonamides is 1. The molecular weight excluding hydrogens is 328 g/mol. The molecule has 0 aliphatic carbocycles. The van der Waals surface area contributed by atoms with Crippen molar-refractivity contribution < 1.29 is 8.42 Å². The van der Waals surface area contributed by atoms with Gasteiger partial charge in [-0.05, 0) is 41.0 Å². The smallest absolute Gasteiger partial charge is 0.241 e. The van der Waals surface area contributed by atoms with Gasteiger partial charge in [-0.25, -0.2) is 13.1 Å². The molecule has 1 fully saturated rings. The van der Waals surface area contributed by atoms with Gasteiger partial charge < -0.3 is 5.32 Å². The fourth-order valence-electron chi connectivity index (χ4n) is 1.70. The molecule has 0 saturated carbocycles. The Morgan fingerprint density at radius 3 is 2.65 bits per heavy atom. The van der Waals surface area contributed by atoms with Crippen LogP contribution in [-0.4, -0.2) is 27.5 Å². The molecule has 96 valence electrons. The Labute approximate surface area is 116 Å². The standard InChI is InChI=1S/C10H13BrN2O2S.ClH/c11-9-3-1-2-4-10(9)16(14,15)13-8-5-6-12-7-8;/h1-4,8,12-13H,5-7H2;1H. The summed E-state index contributed by atoms with van der Waals surface area (Å²) in [6.45, 7) is 1.56. The van der Waals surface area contributed by atoms with E-state index in [0.717, 1.165) is 13.0 Å². The second-order valence-corrected chi connectivity index (χ2v) is 6.28. The summed E-state index contributed by atoms with van der Waals surface area (Å²) in [4.78, 5) is 0.293. The van der Waals surface area contributed by atoms with E-state index in [9.17, 15) is 8.42 Å². The topological polar surface area (TPSA) is 58.2 Å². The highest BCUT2D eigenvalue weighted by Gasteiger charge is 2.23. The van der Waals surface area contributed by atoms with E-state index >= 15 is 0 Å². The van der Waals surface area contributed by atoms with Crippen LogP contribution in [0.5, 0.6) is 0 Å². The maximum Gasteiger partial charge on any atom is 0.241 e. The van der Waals surface area contributed by atoms with Crippen LogP contribution in [0.2, 0.25) is 0 Å². The van der Waals surface area contributed by atoms with E-state index in [2.05, 4.69) is 26.0 Å². The van der Waals surface area contributed by atoms with Crippen molar-refractivity contribution in [1.82, 2.24) is 10.0 Å². The van der Waals surface area contributed by atoms with Crippen molar-refractivity contribution in [2.75, 3.05) is 13.1 Å². The minimum absolute atomic E-state index is 0. The van der Waals surface area contributed by atoms with Crippen LogP contribution in [0.4, 0.5) is 0 Å². The van der Waals surface area contributed by atoms with E-state index < -0.39 is 10.0 Å². The van der Waals surface area contributed by atoms with E-state index in [0.29, 0.717) is 15.9 Å². The molecule has 1 aliphatic rings. The van der Waals surface area contributed by atoms with Gasteiger partial charge in [-0.1, -0.05) is 12.1 Å². The third kappa shape index (κ3) is 3.66. The quantitative estimate of drug-likeness (QED) is 0.876. The molecule has 0 bridgehead atoms. The zero-order valence-corrected chi connectivity index (χ0v) is 12.2. The van der Waals surface area contributed by atoms with E-state index in [4.69, 9.17) is 0 Å². The molecule has 1 aromatic carbocycles. The Balaban J connectivity index is 0.00000144. The Kier molecular flexibility index (Phi) is 5.40. The van der Waals surface area contributed by atoms with Crippen LogP contribution < -0.4 is 10.0 Å². The summed E-state index contributed by atoms with van der Waals surface area (Å²) in [7, 11) is -3.41. The van der Waals surface area contributed by atoms with Gasteiger partial charge >= 0.3 is 0 Å². The molecule has 1 atom stereocenters. The van der Waals surface area contributed by atoms with E-state index in [1.165, 1.54) is 0 Å². The Bertz CT molecular complexity index is 475. The Hall–Kier alpha value is -0.140. The van der Waals surface area contributed by atoms with Gasteiger partial charge in [0.1, 0.15) is 0 Å². The summed E-state index contributed by atoms with van der Waals surface area (Å²) < 4.78 is 27.4. The molecule has 1 heterocycles. The minimum atomic E-state index is -3.41. The molecule has 4 nitrogen and oxygen atoms in total. The van der Waals surface area contributed by atoms with E-state index in [1.807, 2.05) is 0 Å². The molecule has 17 heavy (non-hydrogen) atoms. The first-order valence-corrected chi connectivity index (χ1v) is 7.35. The van der Waals surface area contributed by atoms with Crippen molar-refractivity contribution in [2.24, 2.45) is 0 Å². The monoisotopic (exact) mass is 340 g/mol. The lowest BCUT2D eigenvalue weighted by Gasteiger charge is -2.12. The van der Waals surface area contributed by atoms with Crippen molar-refractivity contribution in [1.29, 1.82) is 0 Å². The number of hydrogen-bond acceptors (Lipinski definition) is 3. The number of nitrogens with one attached hydrogen (secondary N) is 2. The molecule has 0 aromatic heterocycles. The van der Waals surface area contributed by atoms with Crippen LogP contribution in [-0.2, 0) is 10.0 Å². The highest BCUT2D eigenvalue weighted by atomic mass is 79.9. The molecule has 1 aromatic rings. The lowest BCUT2D eigenvalue weighted by Crippen LogP contribution is -2.36. The average Bonchev–Trinajstić information content (AvgIpc) is 2.70. The second kappa shape index (κ2) is 6.15. The van der Waals surface area contributed by atoms with Crippen LogP contribution >= 0.6 is 28.3 Å². The maximum atomic E-state index is 12.0. The van der Waals surface area contributed by atoms with E-state index in [-0.39, 0.29) is 18.4 Å². The highest BCUT2D eigenvalue weighted by molar-refractivity contribution is 9.10. The fraction of sp³-hybridized carbons (Fsp3) is 0.400. The number of hydrogen-bond donors (Lipinski definition) is 2. The highest BCUT2D eigenvalue weighted by Crippen LogP contribution is 2.21. The summed E-state index contributed by atoms with van der Waals surface area (Å²) in [6.07, 6.45) is 0.837. The van der Waals surface area contributed by atoms with Crippen molar-refractivity contribution in [3.05, 3.63) is 28.7 Å². The van der Waals surface area contributed by atoms with Gasteiger partial charge in [0, 0.05) is 17.1 Å². The van der Waals surface area contributed by atoms with Gasteiger partial charge in [0.25, 0.3) is 0 Å². The molecular formula is C10H14BrClN2O2S. The molecule has 2 rings (SSSR count). The van der Waals surface area contributed by atoms with Gasteiger partial charge in [0.15, 0.2) is 0 Å². The first-order chi connectivity index (χ1) is 7.59. The fourth-order valence-corrected chi connectivity index (χ4v) is 3.97. The molecule has 0 spiro atoms. The van der Waals surface area contributed by atoms with Crippen molar-refractivity contribution in [3.8, 4) is 0 Å². The normalized spacial score (nSPS) is 19.9. The van der Waals surface area contributed by atoms with Gasteiger partial charge in [-0.3, -0.25) is 0 Å². The zero-order valence-electron chi connectivity index (χ0n) is 9.02. The summed E-state index contributed by atoms with van der Waals surface area (Å²) in [5, 5.41) is 3.12. The lowest BCUT2D eigenvalue weighted by molar-refractivity contribution is 0.559. The predicted octanol–water partition coefficient (Wildman–Crippen LogP) is 1.51. The number of rotatable bonds is 3. The zero-order chi connectivity index (χ0) is 11.6. The van der Waals surface area contributed by atoms with Crippen molar-refractivity contribution in [3.63, 3.8) is 0 Å². The molecule has 0 radical (unpaired) electrons. The predicted molar refractivity (Wildman–Crippen MR) is 73.0 cm³/mol. The van der Waals surface area contributed by atoms with Gasteiger partial charge in [-0.2, -0.15) is 0 Å². The molecule has 0 amide bonds. The summed E-state index contributed by atoms with van der Waals surface area (Å²) in [6, 6.07) is 6.82. The van der Waals surface area contributed by atoms with Crippen molar-refractivity contribution >= 4 is 38.4 Å². The van der Waals surface area contributed by atoms with Crippen LogP contribution in [0.1, 0.15) is 6.42 Å². The summed E-state index contributed by atoms with van der Waals surface area (Å²) >= 11 is 3.25. The first kappa shape index (κ1) is 14.9. The molecule has 1 unspecified atom stereocenters. The average molecular weight is 342 g/mol. The van der Waals surface area contributed by atoms with Gasteiger partial charge in [0.2, 0.25) is 10.0 Å². The number of halogens is 2. The van der Waals surface area contributed by atoms with Crippen molar-refractivity contribution in [2.45, 2.75) is 17.4 Å². The van der Waals surface area contributed by atoms with E-state index in [1.54, 1.807) is 24.3 Å². The second-order valence-electron chi connectivity index (χ2n) is 3.74. The molecule has 2 N–H and O–H groups in total. The van der Waals surface area contributed by atoms with Crippen LogP contribution in [0.3, 0.4) is 0 Å². The minimum Gasteiger partial charge on any atom is -0.315 e.